The van der Waals surface area contributed by atoms with Crippen LogP contribution in [0.5, 0.6) is 0 Å². The predicted octanol–water partition coefficient (Wildman–Crippen LogP) is 3.13. The molecule has 8 heteroatoms. The summed E-state index contributed by atoms with van der Waals surface area (Å²) in [6, 6.07) is 6.75. The third-order valence-electron chi connectivity index (χ3n) is 5.61. The van der Waals surface area contributed by atoms with E-state index < -0.39 is 0 Å². The van der Waals surface area contributed by atoms with E-state index in [9.17, 15) is 4.79 Å². The fourth-order valence-electron chi connectivity index (χ4n) is 4.16. The average Bonchev–Trinajstić information content (AvgIpc) is 3.35. The molecule has 4 aromatic rings. The zero-order valence-corrected chi connectivity index (χ0v) is 16.2. The first-order valence-corrected chi connectivity index (χ1v) is 9.97. The van der Waals surface area contributed by atoms with Crippen LogP contribution in [0.1, 0.15) is 32.6 Å². The van der Waals surface area contributed by atoms with Crippen LogP contribution in [0.2, 0.25) is 0 Å². The molecule has 4 heterocycles. The summed E-state index contributed by atoms with van der Waals surface area (Å²) in [6.45, 7) is 1.58. The zero-order chi connectivity index (χ0) is 19.8. The number of rotatable bonds is 4. The summed E-state index contributed by atoms with van der Waals surface area (Å²) >= 11 is 0. The molecule has 29 heavy (non-hydrogen) atoms. The molecular weight excluding hydrogens is 366 g/mol. The first-order valence-electron chi connectivity index (χ1n) is 9.97. The predicted molar refractivity (Wildman–Crippen MR) is 112 cm³/mol. The van der Waals surface area contributed by atoms with Crippen molar-refractivity contribution < 1.29 is 4.79 Å². The van der Waals surface area contributed by atoms with Crippen LogP contribution >= 0.6 is 0 Å². The molecule has 0 aromatic carbocycles. The molecule has 4 aromatic heterocycles. The van der Waals surface area contributed by atoms with Gasteiger partial charge >= 0.3 is 0 Å². The van der Waals surface area contributed by atoms with Gasteiger partial charge in [-0.25, -0.2) is 9.50 Å². The van der Waals surface area contributed by atoms with Crippen LogP contribution in [0, 0.1) is 0 Å². The minimum absolute atomic E-state index is 0.0464. The molecule has 0 bridgehead atoms. The smallest absolute Gasteiger partial charge is 0.224 e. The lowest BCUT2D eigenvalue weighted by Gasteiger charge is -2.29. The van der Waals surface area contributed by atoms with Gasteiger partial charge in [0.25, 0.3) is 0 Å². The largest absolute Gasteiger partial charge is 0.354 e. The highest BCUT2D eigenvalue weighted by Gasteiger charge is 2.22. The molecule has 1 amide bonds. The number of aromatic amines is 1. The number of carbonyl (C=O) groups is 1. The number of carbonyl (C=O) groups excluding carboxylic acids is 1. The third-order valence-corrected chi connectivity index (χ3v) is 5.61. The van der Waals surface area contributed by atoms with E-state index in [1.165, 1.54) is 0 Å². The second-order valence-corrected chi connectivity index (χ2v) is 7.67. The highest BCUT2D eigenvalue weighted by Crippen LogP contribution is 2.29. The van der Waals surface area contributed by atoms with E-state index in [1.54, 1.807) is 13.1 Å². The average molecular weight is 389 g/mol. The number of aromatic nitrogens is 5. The Morgan fingerprint density at radius 1 is 1.21 bits per heavy atom. The number of fused-ring (bicyclic) bond motifs is 2. The van der Waals surface area contributed by atoms with E-state index in [4.69, 9.17) is 0 Å². The van der Waals surface area contributed by atoms with Gasteiger partial charge in [0.05, 0.1) is 5.52 Å². The van der Waals surface area contributed by atoms with Crippen molar-refractivity contribution in [1.29, 1.82) is 0 Å². The highest BCUT2D eigenvalue weighted by molar-refractivity contribution is 5.94. The first kappa shape index (κ1) is 17.7. The van der Waals surface area contributed by atoms with E-state index in [2.05, 4.69) is 36.8 Å². The first-order chi connectivity index (χ1) is 14.2. The molecule has 0 radical (unpaired) electrons. The van der Waals surface area contributed by atoms with E-state index >= 15 is 0 Å². The Balaban J connectivity index is 1.32. The van der Waals surface area contributed by atoms with E-state index in [1.807, 2.05) is 35.2 Å². The Kier molecular flexibility index (Phi) is 4.38. The molecule has 1 aliphatic rings. The van der Waals surface area contributed by atoms with Crippen LogP contribution in [0.25, 0.3) is 27.7 Å². The maximum absolute atomic E-state index is 11.2. The lowest BCUT2D eigenvalue weighted by atomic mass is 9.91. The summed E-state index contributed by atoms with van der Waals surface area (Å²) in [7, 11) is 0. The second-order valence-electron chi connectivity index (χ2n) is 7.67. The van der Waals surface area contributed by atoms with Crippen molar-refractivity contribution >= 4 is 28.4 Å². The molecule has 148 valence electrons. The van der Waals surface area contributed by atoms with Gasteiger partial charge in [-0.3, -0.25) is 4.79 Å². The number of nitrogens with zero attached hydrogens (tertiary/aromatic N) is 4. The van der Waals surface area contributed by atoms with Gasteiger partial charge < -0.3 is 15.6 Å². The summed E-state index contributed by atoms with van der Waals surface area (Å²) in [5.41, 5.74) is 4.04. The van der Waals surface area contributed by atoms with E-state index in [0.717, 1.165) is 53.4 Å². The van der Waals surface area contributed by atoms with Crippen LogP contribution in [-0.2, 0) is 4.79 Å². The molecule has 3 N–H and O–H groups in total. The number of amides is 1. The molecule has 0 atom stereocenters. The second kappa shape index (κ2) is 7.20. The quantitative estimate of drug-likeness (QED) is 0.498. The molecule has 1 fully saturated rings. The lowest BCUT2D eigenvalue weighted by Crippen LogP contribution is -2.39. The summed E-state index contributed by atoms with van der Waals surface area (Å²) in [4.78, 5) is 23.7. The van der Waals surface area contributed by atoms with Gasteiger partial charge in [0.15, 0.2) is 0 Å². The molecule has 0 aliphatic heterocycles. The SMILES string of the molecule is CC(=O)N[C@H]1CC[C@@H](Nc2ncc3c(-c4ccn5nccc5c4)c[nH]c3n2)CC1. The molecule has 1 aliphatic carbocycles. The van der Waals surface area contributed by atoms with Crippen molar-refractivity contribution in [3.63, 3.8) is 0 Å². The number of H-pyrrole nitrogens is 1. The van der Waals surface area contributed by atoms with Crippen LogP contribution in [0.15, 0.2) is 43.0 Å². The van der Waals surface area contributed by atoms with Gasteiger partial charge in [-0.1, -0.05) is 0 Å². The zero-order valence-electron chi connectivity index (χ0n) is 16.2. The van der Waals surface area contributed by atoms with E-state index in [-0.39, 0.29) is 11.9 Å². The number of hydrogen-bond donors (Lipinski definition) is 3. The molecule has 0 unspecified atom stereocenters. The van der Waals surface area contributed by atoms with Crippen molar-refractivity contribution in [1.82, 2.24) is 29.9 Å². The number of anilines is 1. The Morgan fingerprint density at radius 2 is 2.03 bits per heavy atom. The normalized spacial score (nSPS) is 19.5. The Labute approximate surface area is 167 Å². The van der Waals surface area contributed by atoms with Gasteiger partial charge in [0.1, 0.15) is 5.65 Å². The van der Waals surface area contributed by atoms with Crippen LogP contribution < -0.4 is 10.6 Å². The molecule has 5 rings (SSSR count). The summed E-state index contributed by atoms with van der Waals surface area (Å²) in [5.74, 6) is 0.685. The van der Waals surface area contributed by atoms with Crippen LogP contribution in [-0.4, -0.2) is 42.6 Å². The van der Waals surface area contributed by atoms with Gasteiger partial charge in [-0.2, -0.15) is 10.1 Å². The van der Waals surface area contributed by atoms with Crippen molar-refractivity contribution in [2.24, 2.45) is 0 Å². The molecule has 0 spiro atoms. The van der Waals surface area contributed by atoms with Gasteiger partial charge in [0.2, 0.25) is 11.9 Å². The van der Waals surface area contributed by atoms with Gasteiger partial charge in [-0.05, 0) is 49.4 Å². The third kappa shape index (κ3) is 3.53. The minimum atomic E-state index is 0.0464. The Hall–Kier alpha value is -3.42. The Morgan fingerprint density at radius 3 is 2.86 bits per heavy atom. The summed E-state index contributed by atoms with van der Waals surface area (Å²) < 4.78 is 1.84. The number of hydrogen-bond acceptors (Lipinski definition) is 5. The molecule has 8 nitrogen and oxygen atoms in total. The lowest BCUT2D eigenvalue weighted by molar-refractivity contribution is -0.119. The van der Waals surface area contributed by atoms with E-state index in [0.29, 0.717) is 12.0 Å². The maximum atomic E-state index is 11.2. The topological polar surface area (TPSA) is 100 Å². The molecule has 1 saturated carbocycles. The standard InChI is InChI=1S/C21H23N7O/c1-13(29)25-15-2-4-16(5-3-15)26-21-23-12-19-18(11-22-20(19)27-21)14-7-9-28-17(10-14)6-8-24-28/h6-12,15-16H,2-5H2,1H3,(H,25,29)(H2,22,23,26,27)/t15-,16+. The molecule has 0 saturated heterocycles. The van der Waals surface area contributed by atoms with Crippen molar-refractivity contribution in [2.75, 3.05) is 5.32 Å². The summed E-state index contributed by atoms with van der Waals surface area (Å²) in [5, 5.41) is 11.7. The maximum Gasteiger partial charge on any atom is 0.224 e. The van der Waals surface area contributed by atoms with Crippen molar-refractivity contribution in [3.05, 3.63) is 43.0 Å². The van der Waals surface area contributed by atoms with Crippen molar-refractivity contribution in [3.8, 4) is 11.1 Å². The fourth-order valence-corrected chi connectivity index (χ4v) is 4.16. The van der Waals surface area contributed by atoms with Crippen LogP contribution in [0.3, 0.4) is 0 Å². The Bertz CT molecular complexity index is 1170. The van der Waals surface area contributed by atoms with Gasteiger partial charge in [0, 0.05) is 54.7 Å². The van der Waals surface area contributed by atoms with Gasteiger partial charge in [-0.15, -0.1) is 0 Å². The number of nitrogens with one attached hydrogen (secondary N) is 3. The molecular formula is C21H23N7O. The van der Waals surface area contributed by atoms with Crippen LogP contribution in [0.4, 0.5) is 5.95 Å². The highest BCUT2D eigenvalue weighted by atomic mass is 16.1. The summed E-state index contributed by atoms with van der Waals surface area (Å²) in [6.07, 6.45) is 11.5. The minimum Gasteiger partial charge on any atom is -0.354 e. The van der Waals surface area contributed by atoms with Crippen molar-refractivity contribution in [2.45, 2.75) is 44.7 Å². The monoisotopic (exact) mass is 389 g/mol. The fraction of sp³-hybridized carbons (Fsp3) is 0.333. The number of pyridine rings is 1.